The highest BCUT2D eigenvalue weighted by Crippen LogP contribution is 2.36. The molecule has 0 heterocycles. The van der Waals surface area contributed by atoms with Crippen LogP contribution in [0.4, 0.5) is 25.4 Å². The van der Waals surface area contributed by atoms with Crippen molar-refractivity contribution in [1.82, 2.24) is 15.4 Å². The van der Waals surface area contributed by atoms with E-state index in [-0.39, 0.29) is 24.2 Å². The summed E-state index contributed by atoms with van der Waals surface area (Å²) in [7, 11) is 3.04. The predicted octanol–water partition coefficient (Wildman–Crippen LogP) is 3.82. The average molecular weight is 470 g/mol. The largest absolute Gasteiger partial charge is 0.397 e. The zero-order chi connectivity index (χ0) is 23.0. The molecule has 4 amide bonds. The molecule has 2 aromatic carbocycles. The minimum atomic E-state index is -0.728. The van der Waals surface area contributed by atoms with Crippen LogP contribution < -0.4 is 26.4 Å². The van der Waals surface area contributed by atoms with E-state index in [2.05, 4.69) is 20.7 Å². The van der Waals surface area contributed by atoms with Crippen LogP contribution in [0.5, 0.6) is 0 Å². The van der Waals surface area contributed by atoms with Crippen LogP contribution in [0.2, 0.25) is 5.02 Å². The Morgan fingerprint density at radius 3 is 2.65 bits per heavy atom. The monoisotopic (exact) mass is 469 g/mol. The smallest absolute Gasteiger partial charge is 0.329 e. The topological polar surface area (TPSA) is 118 Å². The highest BCUT2D eigenvalue weighted by molar-refractivity contribution is 7.98. The molecule has 0 aromatic heterocycles. The van der Waals surface area contributed by atoms with Gasteiger partial charge in [-0.1, -0.05) is 29.8 Å². The van der Waals surface area contributed by atoms with Crippen molar-refractivity contribution in [3.8, 4) is 0 Å². The van der Waals surface area contributed by atoms with Crippen molar-refractivity contribution in [3.63, 3.8) is 0 Å². The number of carbonyl (C=O) groups is 2. The maximum atomic E-state index is 13.5. The number of urea groups is 2. The van der Waals surface area contributed by atoms with E-state index >= 15 is 0 Å². The van der Waals surface area contributed by atoms with Crippen LogP contribution >= 0.6 is 23.5 Å². The highest BCUT2D eigenvalue weighted by atomic mass is 35.5. The molecule has 2 rings (SSSR count). The van der Waals surface area contributed by atoms with Gasteiger partial charge in [0.05, 0.1) is 27.8 Å². The van der Waals surface area contributed by atoms with Crippen molar-refractivity contribution in [3.05, 3.63) is 58.4 Å². The minimum Gasteiger partial charge on any atom is -0.397 e. The molecule has 0 aliphatic carbocycles. The zero-order valence-electron chi connectivity index (χ0n) is 17.3. The van der Waals surface area contributed by atoms with E-state index in [4.69, 9.17) is 22.1 Å². The van der Waals surface area contributed by atoms with Crippen molar-refractivity contribution >= 4 is 47.0 Å². The lowest BCUT2D eigenvalue weighted by Gasteiger charge is -2.28. The summed E-state index contributed by atoms with van der Waals surface area (Å²) >= 11 is 7.00. The van der Waals surface area contributed by atoms with Gasteiger partial charge in [-0.3, -0.25) is 4.72 Å². The van der Waals surface area contributed by atoms with E-state index in [0.717, 1.165) is 11.9 Å². The first-order valence-corrected chi connectivity index (χ1v) is 10.4. The minimum absolute atomic E-state index is 0.0140. The summed E-state index contributed by atoms with van der Waals surface area (Å²) in [5.74, 6) is -0.526. The number of ether oxygens (including phenoxy) is 1. The number of carbonyl (C=O) groups excluding carboxylic acids is 2. The van der Waals surface area contributed by atoms with Crippen LogP contribution in [0.3, 0.4) is 0 Å². The van der Waals surface area contributed by atoms with Gasteiger partial charge in [0.2, 0.25) is 0 Å². The Kier molecular flexibility index (Phi) is 8.78. The molecular weight excluding hydrogens is 445 g/mol. The summed E-state index contributed by atoms with van der Waals surface area (Å²) in [6, 6.07) is 8.63. The van der Waals surface area contributed by atoms with E-state index < -0.39 is 16.6 Å². The molecule has 6 N–H and O–H groups in total. The molecule has 1 unspecified atom stereocenters. The van der Waals surface area contributed by atoms with Crippen molar-refractivity contribution in [2.24, 2.45) is 0 Å². The molecule has 0 fully saturated rings. The van der Waals surface area contributed by atoms with Crippen LogP contribution in [-0.2, 0) is 16.0 Å². The van der Waals surface area contributed by atoms with Gasteiger partial charge in [0.15, 0.2) is 0 Å². The van der Waals surface area contributed by atoms with E-state index in [0.29, 0.717) is 22.5 Å². The van der Waals surface area contributed by atoms with Crippen LogP contribution in [-0.4, -0.2) is 32.8 Å². The Bertz CT molecular complexity index is 949. The Balaban J connectivity index is 2.07. The third-order valence-corrected chi connectivity index (χ3v) is 5.81. The van der Waals surface area contributed by atoms with Crippen LogP contribution in [0.1, 0.15) is 18.1 Å². The molecule has 1 atom stereocenters. The average Bonchev–Trinajstić information content (AvgIpc) is 2.74. The molecule has 0 radical (unpaired) electrons. The summed E-state index contributed by atoms with van der Waals surface area (Å²) in [6.45, 7) is 2.28. The van der Waals surface area contributed by atoms with Gasteiger partial charge >= 0.3 is 12.1 Å². The van der Waals surface area contributed by atoms with Gasteiger partial charge < -0.3 is 26.4 Å². The molecule has 0 saturated carbocycles. The van der Waals surface area contributed by atoms with Gasteiger partial charge in [0.1, 0.15) is 5.82 Å². The number of hydrogen-bond donors (Lipinski definition) is 5. The lowest BCUT2D eigenvalue weighted by molar-refractivity contribution is 0.173. The Morgan fingerprint density at radius 2 is 2.00 bits per heavy atom. The number of benzene rings is 2. The van der Waals surface area contributed by atoms with E-state index in [9.17, 15) is 14.0 Å². The molecule has 0 spiro atoms. The summed E-state index contributed by atoms with van der Waals surface area (Å²) in [6.07, 6.45) is 0. The van der Waals surface area contributed by atoms with Crippen LogP contribution in [0, 0.1) is 5.82 Å². The predicted molar refractivity (Wildman–Crippen MR) is 123 cm³/mol. The number of methoxy groups -OCH3 is 1. The van der Waals surface area contributed by atoms with Crippen molar-refractivity contribution in [1.29, 1.82) is 0 Å². The lowest BCUT2D eigenvalue weighted by Crippen LogP contribution is -2.33. The zero-order valence-corrected chi connectivity index (χ0v) is 18.9. The second-order valence-electron chi connectivity index (χ2n) is 6.76. The molecule has 31 heavy (non-hydrogen) atoms. The molecule has 11 heteroatoms. The van der Waals surface area contributed by atoms with Crippen molar-refractivity contribution in [2.45, 2.75) is 18.2 Å². The van der Waals surface area contributed by atoms with E-state index in [1.807, 2.05) is 6.92 Å². The number of nitrogens with one attached hydrogen (secondary N) is 4. The van der Waals surface area contributed by atoms with Gasteiger partial charge in [0, 0.05) is 20.7 Å². The normalized spacial score (nSPS) is 12.5. The number of nitrogen functional groups attached to an aromatic ring is 1. The second kappa shape index (κ2) is 11.1. The first kappa shape index (κ1) is 24.6. The summed E-state index contributed by atoms with van der Waals surface area (Å²) in [5.41, 5.74) is 8.19. The number of halogens is 2. The van der Waals surface area contributed by atoms with Gasteiger partial charge in [-0.2, -0.15) is 0 Å². The third kappa shape index (κ3) is 6.65. The standard InChI is InChI=1S/C20H25ClFN5O3S/c1-20(11-30-3,13-7-8-15(22)14(21)9-13)31-27-19(29)26-16-6-4-5-12(17(16)23)10-25-18(28)24-2/h4-9H,10-11,23H2,1-3H3,(H2,24,25,28)(H2,26,27,29). The SMILES string of the molecule is CNC(=O)NCc1cccc(NC(=O)NSC(C)(COC)c2ccc(F)c(Cl)c2)c1N. The number of amides is 4. The Labute approximate surface area is 189 Å². The van der Waals surface area contributed by atoms with Crippen molar-refractivity contribution < 1.29 is 18.7 Å². The highest BCUT2D eigenvalue weighted by Gasteiger charge is 2.30. The molecule has 8 nitrogen and oxygen atoms in total. The van der Waals surface area contributed by atoms with E-state index in [1.54, 1.807) is 24.3 Å². The fraction of sp³-hybridized carbons (Fsp3) is 0.300. The first-order chi connectivity index (χ1) is 14.7. The molecule has 0 aliphatic rings. The molecule has 2 aromatic rings. The molecule has 168 valence electrons. The maximum absolute atomic E-state index is 13.5. The molecular formula is C20H25ClFN5O3S. The Hall–Kier alpha value is -2.69. The quantitative estimate of drug-likeness (QED) is 0.297. The van der Waals surface area contributed by atoms with Gasteiger partial charge in [-0.15, -0.1) is 0 Å². The summed E-state index contributed by atoms with van der Waals surface area (Å²) in [5, 5.41) is 7.77. The first-order valence-electron chi connectivity index (χ1n) is 9.22. The fourth-order valence-corrected chi connectivity index (χ4v) is 3.69. The van der Waals surface area contributed by atoms with Gasteiger partial charge in [0.25, 0.3) is 0 Å². The molecule has 0 saturated heterocycles. The third-order valence-electron chi connectivity index (χ3n) is 4.43. The van der Waals surface area contributed by atoms with Crippen molar-refractivity contribution in [2.75, 3.05) is 31.8 Å². The molecule has 0 bridgehead atoms. The number of rotatable bonds is 8. The lowest BCUT2D eigenvalue weighted by atomic mass is 10.0. The number of para-hydroxylation sites is 1. The summed E-state index contributed by atoms with van der Waals surface area (Å²) < 4.78 is 20.8. The van der Waals surface area contributed by atoms with Crippen LogP contribution in [0.25, 0.3) is 0 Å². The maximum Gasteiger partial charge on any atom is 0.329 e. The summed E-state index contributed by atoms with van der Waals surface area (Å²) in [4.78, 5) is 23.8. The van der Waals surface area contributed by atoms with Crippen LogP contribution in [0.15, 0.2) is 36.4 Å². The van der Waals surface area contributed by atoms with Gasteiger partial charge in [-0.05, 0) is 48.2 Å². The number of hydrogen-bond acceptors (Lipinski definition) is 5. The Morgan fingerprint density at radius 1 is 1.26 bits per heavy atom. The molecule has 0 aliphatic heterocycles. The second-order valence-corrected chi connectivity index (χ2v) is 8.48. The fourth-order valence-electron chi connectivity index (χ4n) is 2.72. The van der Waals surface area contributed by atoms with Gasteiger partial charge in [-0.25, -0.2) is 14.0 Å². The number of nitrogens with two attached hydrogens (primary N) is 1. The number of anilines is 2. The van der Waals surface area contributed by atoms with E-state index in [1.165, 1.54) is 26.3 Å².